The van der Waals surface area contributed by atoms with E-state index in [2.05, 4.69) is 118 Å². The first-order valence-corrected chi connectivity index (χ1v) is 31.2. The minimum Gasteiger partial charge on any atom is -0.462 e. The minimum absolute atomic E-state index is 0.0800. The summed E-state index contributed by atoms with van der Waals surface area (Å²) in [4.78, 5) is 38.0. The molecular formula is C68H116O6. The molecule has 0 aromatic heterocycles. The highest BCUT2D eigenvalue weighted by atomic mass is 16.6. The first-order valence-electron chi connectivity index (χ1n) is 31.2. The average molecular weight is 1030 g/mol. The number of carbonyl (C=O) groups is 3. The molecule has 1 atom stereocenters. The fourth-order valence-corrected chi connectivity index (χ4v) is 8.65. The van der Waals surface area contributed by atoms with E-state index in [9.17, 15) is 14.4 Å². The molecule has 1 unspecified atom stereocenters. The zero-order valence-corrected chi connectivity index (χ0v) is 48.6. The van der Waals surface area contributed by atoms with Crippen molar-refractivity contribution in [2.45, 2.75) is 303 Å². The Kier molecular flexibility index (Phi) is 58.8. The molecule has 0 saturated heterocycles. The Balaban J connectivity index is 4.14. The number of rotatable bonds is 56. The van der Waals surface area contributed by atoms with Gasteiger partial charge in [-0.15, -0.1) is 0 Å². The van der Waals surface area contributed by atoms with E-state index in [1.165, 1.54) is 148 Å². The summed E-state index contributed by atoms with van der Waals surface area (Å²) >= 11 is 0. The molecule has 0 aromatic rings. The summed E-state index contributed by atoms with van der Waals surface area (Å²) in [6.45, 7) is 6.47. The van der Waals surface area contributed by atoms with Gasteiger partial charge < -0.3 is 14.2 Å². The largest absolute Gasteiger partial charge is 0.462 e. The van der Waals surface area contributed by atoms with Gasteiger partial charge in [-0.25, -0.2) is 0 Å². The normalized spacial score (nSPS) is 12.7. The second-order valence-corrected chi connectivity index (χ2v) is 20.6. The van der Waals surface area contributed by atoms with Crippen molar-refractivity contribution in [3.05, 3.63) is 97.2 Å². The van der Waals surface area contributed by atoms with Gasteiger partial charge in [-0.1, -0.05) is 272 Å². The quantitative estimate of drug-likeness (QED) is 0.0261. The van der Waals surface area contributed by atoms with Crippen LogP contribution in [0.25, 0.3) is 0 Å². The van der Waals surface area contributed by atoms with Crippen molar-refractivity contribution >= 4 is 17.9 Å². The molecule has 0 spiro atoms. The van der Waals surface area contributed by atoms with Crippen LogP contribution >= 0.6 is 0 Å². The molecule has 0 bridgehead atoms. The van der Waals surface area contributed by atoms with Crippen LogP contribution in [0.2, 0.25) is 0 Å². The second kappa shape index (κ2) is 61.9. The van der Waals surface area contributed by atoms with Crippen LogP contribution < -0.4 is 0 Å². The maximum atomic E-state index is 12.8. The number of ether oxygens (including phenoxy) is 3. The highest BCUT2D eigenvalue weighted by molar-refractivity contribution is 5.71. The van der Waals surface area contributed by atoms with Crippen LogP contribution in [0.15, 0.2) is 97.2 Å². The lowest BCUT2D eigenvalue weighted by Crippen LogP contribution is -2.30. The predicted molar refractivity (Wildman–Crippen MR) is 320 cm³/mol. The molecule has 424 valence electrons. The average Bonchev–Trinajstić information content (AvgIpc) is 3.40. The lowest BCUT2D eigenvalue weighted by Gasteiger charge is -2.18. The lowest BCUT2D eigenvalue weighted by molar-refractivity contribution is -0.167. The standard InChI is InChI=1S/C68H116O6/c1-4-7-10-13-16-18-20-22-24-26-28-30-32-33-34-35-37-38-40-42-44-46-48-50-52-55-58-61-67(70)73-64-65(63-72-66(69)60-57-54-15-12-9-6-3)74-68(71)62-59-56-53-51-49-47-45-43-41-39-36-31-29-27-25-23-21-19-17-14-11-8-5-2/h7,10,16,18,21-24,27-30,33-34,37-38,65H,4-6,8-9,11-15,17,19-20,25-26,31-32,35-36,39-64H2,1-3H3/b10-7-,18-16-,23-21-,24-22-,29-27-,30-28-,34-33-,38-37-. The van der Waals surface area contributed by atoms with E-state index in [4.69, 9.17) is 14.2 Å². The number of carbonyl (C=O) groups excluding carboxylic acids is 3. The van der Waals surface area contributed by atoms with Crippen LogP contribution in [0.3, 0.4) is 0 Å². The molecule has 6 nitrogen and oxygen atoms in total. The van der Waals surface area contributed by atoms with Crippen LogP contribution in [-0.2, 0) is 28.6 Å². The van der Waals surface area contributed by atoms with Crippen molar-refractivity contribution in [3.8, 4) is 0 Å². The van der Waals surface area contributed by atoms with Gasteiger partial charge in [0.2, 0.25) is 0 Å². The summed E-state index contributed by atoms with van der Waals surface area (Å²) in [5.41, 5.74) is 0. The molecule has 74 heavy (non-hydrogen) atoms. The highest BCUT2D eigenvalue weighted by Crippen LogP contribution is 2.16. The Hall–Kier alpha value is -3.67. The van der Waals surface area contributed by atoms with Gasteiger partial charge in [-0.2, -0.15) is 0 Å². The van der Waals surface area contributed by atoms with Gasteiger partial charge in [0.25, 0.3) is 0 Å². The van der Waals surface area contributed by atoms with Crippen LogP contribution in [0.5, 0.6) is 0 Å². The van der Waals surface area contributed by atoms with E-state index < -0.39 is 6.10 Å². The van der Waals surface area contributed by atoms with Crippen molar-refractivity contribution in [1.29, 1.82) is 0 Å². The summed E-state index contributed by atoms with van der Waals surface area (Å²) in [5.74, 6) is -0.894. The van der Waals surface area contributed by atoms with Crippen LogP contribution in [-0.4, -0.2) is 37.2 Å². The van der Waals surface area contributed by atoms with Crippen molar-refractivity contribution < 1.29 is 28.6 Å². The Morgan fingerprint density at radius 1 is 0.284 bits per heavy atom. The topological polar surface area (TPSA) is 78.9 Å². The zero-order chi connectivity index (χ0) is 53.6. The summed E-state index contributed by atoms with van der Waals surface area (Å²) in [5, 5.41) is 0. The Morgan fingerprint density at radius 2 is 0.527 bits per heavy atom. The summed E-state index contributed by atoms with van der Waals surface area (Å²) < 4.78 is 16.8. The van der Waals surface area contributed by atoms with Crippen LogP contribution in [0.4, 0.5) is 0 Å². The molecule has 0 N–H and O–H groups in total. The third-order valence-corrected chi connectivity index (χ3v) is 13.3. The zero-order valence-electron chi connectivity index (χ0n) is 48.6. The van der Waals surface area contributed by atoms with Gasteiger partial charge in [0.15, 0.2) is 6.10 Å². The van der Waals surface area contributed by atoms with Crippen LogP contribution in [0.1, 0.15) is 297 Å². The monoisotopic (exact) mass is 1030 g/mol. The molecular weight excluding hydrogens is 913 g/mol. The second-order valence-electron chi connectivity index (χ2n) is 20.6. The van der Waals surface area contributed by atoms with E-state index in [1.54, 1.807) is 0 Å². The number of hydrogen-bond donors (Lipinski definition) is 0. The van der Waals surface area contributed by atoms with Gasteiger partial charge in [0, 0.05) is 19.3 Å². The predicted octanol–water partition coefficient (Wildman–Crippen LogP) is 21.3. The summed E-state index contributed by atoms with van der Waals surface area (Å²) in [7, 11) is 0. The Morgan fingerprint density at radius 3 is 0.824 bits per heavy atom. The number of hydrogen-bond acceptors (Lipinski definition) is 6. The Bertz CT molecular complexity index is 1460. The Labute approximate surface area is 457 Å². The molecule has 0 radical (unpaired) electrons. The first-order chi connectivity index (χ1) is 36.5. The molecule has 0 aliphatic rings. The van der Waals surface area contributed by atoms with Gasteiger partial charge >= 0.3 is 17.9 Å². The molecule has 0 fully saturated rings. The van der Waals surface area contributed by atoms with Crippen molar-refractivity contribution in [3.63, 3.8) is 0 Å². The van der Waals surface area contributed by atoms with Crippen molar-refractivity contribution in [1.82, 2.24) is 0 Å². The van der Waals surface area contributed by atoms with E-state index in [0.29, 0.717) is 19.3 Å². The molecule has 0 amide bonds. The van der Waals surface area contributed by atoms with E-state index in [-0.39, 0.29) is 31.1 Å². The molecule has 0 heterocycles. The lowest BCUT2D eigenvalue weighted by atomic mass is 10.0. The fraction of sp³-hybridized carbons (Fsp3) is 0.721. The fourth-order valence-electron chi connectivity index (χ4n) is 8.65. The van der Waals surface area contributed by atoms with Gasteiger partial charge in [-0.3, -0.25) is 14.4 Å². The number of unbranched alkanes of at least 4 members (excludes halogenated alkanes) is 29. The SMILES string of the molecule is CC/C=C\C/C=C\C/C=C\C/C=C\C/C=C\C/C=C\CCCCCCCCCCC(=O)OCC(COC(=O)CCCCCCCC)OC(=O)CCCCCCCCCCCCC/C=C\C/C=C\CCCCCCC. The molecule has 6 heteroatoms. The third-order valence-electron chi connectivity index (χ3n) is 13.3. The van der Waals surface area contributed by atoms with E-state index >= 15 is 0 Å². The molecule has 0 saturated carbocycles. The number of esters is 3. The van der Waals surface area contributed by atoms with Crippen LogP contribution in [0, 0.1) is 0 Å². The molecule has 0 rings (SSSR count). The van der Waals surface area contributed by atoms with Gasteiger partial charge in [0.05, 0.1) is 0 Å². The summed E-state index contributed by atoms with van der Waals surface area (Å²) in [6.07, 6.45) is 83.0. The molecule has 0 aromatic carbocycles. The molecule has 0 aliphatic carbocycles. The number of allylic oxidation sites excluding steroid dienone is 16. The molecule has 0 aliphatic heterocycles. The van der Waals surface area contributed by atoms with Gasteiger partial charge in [0.1, 0.15) is 13.2 Å². The van der Waals surface area contributed by atoms with Gasteiger partial charge in [-0.05, 0) is 103 Å². The van der Waals surface area contributed by atoms with E-state index in [0.717, 1.165) is 109 Å². The summed E-state index contributed by atoms with van der Waals surface area (Å²) in [6, 6.07) is 0. The smallest absolute Gasteiger partial charge is 0.306 e. The first kappa shape index (κ1) is 70.3. The highest BCUT2D eigenvalue weighted by Gasteiger charge is 2.19. The van der Waals surface area contributed by atoms with Crippen molar-refractivity contribution in [2.75, 3.05) is 13.2 Å². The third kappa shape index (κ3) is 59.2. The maximum Gasteiger partial charge on any atom is 0.306 e. The van der Waals surface area contributed by atoms with E-state index in [1.807, 2.05) is 0 Å². The van der Waals surface area contributed by atoms with Crippen molar-refractivity contribution in [2.24, 2.45) is 0 Å². The maximum absolute atomic E-state index is 12.8. The minimum atomic E-state index is -0.780.